The molecule has 0 radical (unpaired) electrons. The van der Waals surface area contributed by atoms with Crippen LogP contribution >= 0.6 is 0 Å². The third-order valence-corrected chi connectivity index (χ3v) is 4.00. The summed E-state index contributed by atoms with van der Waals surface area (Å²) in [7, 11) is -1.05. The van der Waals surface area contributed by atoms with E-state index < -0.39 is 28.8 Å². The van der Waals surface area contributed by atoms with E-state index in [-0.39, 0.29) is 18.2 Å². The summed E-state index contributed by atoms with van der Waals surface area (Å²) in [5.41, 5.74) is 0.612. The quantitative estimate of drug-likeness (QED) is 0.539. The Hall–Kier alpha value is -1.90. The van der Waals surface area contributed by atoms with Gasteiger partial charge in [-0.1, -0.05) is 0 Å². The number of imidazole rings is 1. The van der Waals surface area contributed by atoms with Gasteiger partial charge >= 0.3 is 12.0 Å². The molecule has 112 valence electrons. The Morgan fingerprint density at radius 2 is 2.25 bits per heavy atom. The standard InChI is InChI=1S/C11H18N4O4S/c1-7(20(2)19)4-13-11(18)15-9(10(16)17)3-8-5-12-6-14-8/h5-7,9H,3-4H2,1-2H3,(H,12,14)(H,16,17)(H2,13,15,18)/t7?,9-,20?/m0/s1. The summed E-state index contributed by atoms with van der Waals surface area (Å²) in [5, 5.41) is 13.7. The molecule has 20 heavy (non-hydrogen) atoms. The summed E-state index contributed by atoms with van der Waals surface area (Å²) in [6, 6.07) is -1.66. The number of hydrogen-bond acceptors (Lipinski definition) is 4. The van der Waals surface area contributed by atoms with Gasteiger partial charge < -0.3 is 20.7 Å². The first-order chi connectivity index (χ1) is 9.40. The van der Waals surface area contributed by atoms with E-state index in [0.29, 0.717) is 5.69 Å². The number of carboxylic acids is 1. The Morgan fingerprint density at radius 3 is 2.75 bits per heavy atom. The molecule has 0 bridgehead atoms. The van der Waals surface area contributed by atoms with Crippen molar-refractivity contribution in [2.24, 2.45) is 0 Å². The van der Waals surface area contributed by atoms with Gasteiger partial charge in [0.1, 0.15) is 6.04 Å². The van der Waals surface area contributed by atoms with Crippen molar-refractivity contribution in [3.63, 3.8) is 0 Å². The first-order valence-corrected chi connectivity index (χ1v) is 7.59. The van der Waals surface area contributed by atoms with Crippen molar-refractivity contribution in [1.82, 2.24) is 20.6 Å². The lowest BCUT2D eigenvalue weighted by Gasteiger charge is -2.15. The van der Waals surface area contributed by atoms with Crippen molar-refractivity contribution < 1.29 is 18.9 Å². The van der Waals surface area contributed by atoms with Crippen molar-refractivity contribution >= 4 is 22.8 Å². The summed E-state index contributed by atoms with van der Waals surface area (Å²) in [5.74, 6) is -1.14. The second kappa shape index (κ2) is 7.63. The zero-order valence-corrected chi connectivity index (χ0v) is 12.1. The molecule has 2 unspecified atom stereocenters. The Bertz CT molecular complexity index is 477. The molecule has 0 aliphatic heterocycles. The third-order valence-electron chi connectivity index (χ3n) is 2.70. The van der Waals surface area contributed by atoms with Crippen molar-refractivity contribution in [3.8, 4) is 0 Å². The number of nitrogens with one attached hydrogen (secondary N) is 3. The minimum absolute atomic E-state index is 0.109. The number of hydrogen-bond donors (Lipinski definition) is 4. The van der Waals surface area contributed by atoms with Crippen LogP contribution in [0.5, 0.6) is 0 Å². The van der Waals surface area contributed by atoms with Gasteiger partial charge in [-0.15, -0.1) is 0 Å². The molecule has 0 fully saturated rings. The summed E-state index contributed by atoms with van der Waals surface area (Å²) < 4.78 is 11.1. The highest BCUT2D eigenvalue weighted by Crippen LogP contribution is 1.99. The molecular formula is C11H18N4O4S. The predicted octanol–water partition coefficient (Wildman–Crippen LogP) is -0.528. The molecule has 1 aromatic heterocycles. The number of H-pyrrole nitrogens is 1. The van der Waals surface area contributed by atoms with Crippen molar-refractivity contribution in [1.29, 1.82) is 0 Å². The van der Waals surface area contributed by atoms with Crippen LogP contribution in [0.3, 0.4) is 0 Å². The number of urea groups is 1. The van der Waals surface area contributed by atoms with Gasteiger partial charge in [0, 0.05) is 47.2 Å². The van der Waals surface area contributed by atoms with E-state index in [2.05, 4.69) is 20.6 Å². The van der Waals surface area contributed by atoms with E-state index in [0.717, 1.165) is 0 Å². The smallest absolute Gasteiger partial charge is 0.326 e. The summed E-state index contributed by atoms with van der Waals surface area (Å²) >= 11 is 0. The van der Waals surface area contributed by atoms with Crippen LogP contribution in [-0.4, -0.2) is 55.4 Å². The minimum atomic E-state index is -1.14. The zero-order chi connectivity index (χ0) is 15.1. The number of aliphatic carboxylic acids is 1. The number of amides is 2. The molecule has 0 spiro atoms. The van der Waals surface area contributed by atoms with Crippen LogP contribution in [0.2, 0.25) is 0 Å². The molecule has 2 amide bonds. The van der Waals surface area contributed by atoms with Crippen molar-refractivity contribution in [2.75, 3.05) is 12.8 Å². The van der Waals surface area contributed by atoms with E-state index in [1.807, 2.05) is 0 Å². The van der Waals surface area contributed by atoms with Gasteiger partial charge in [-0.25, -0.2) is 14.6 Å². The summed E-state index contributed by atoms with van der Waals surface area (Å²) in [4.78, 5) is 29.2. The number of aromatic nitrogens is 2. The van der Waals surface area contributed by atoms with Gasteiger partial charge in [0.25, 0.3) is 0 Å². The molecule has 0 aliphatic carbocycles. The first-order valence-electron chi connectivity index (χ1n) is 5.96. The number of carbonyl (C=O) groups excluding carboxylic acids is 1. The molecule has 0 aromatic carbocycles. The van der Waals surface area contributed by atoms with Gasteiger partial charge in [-0.3, -0.25) is 4.21 Å². The summed E-state index contributed by atoms with van der Waals surface area (Å²) in [6.45, 7) is 1.95. The Labute approximate surface area is 118 Å². The van der Waals surface area contributed by atoms with Crippen LogP contribution in [0.15, 0.2) is 12.5 Å². The largest absolute Gasteiger partial charge is 0.480 e. The number of rotatable bonds is 7. The van der Waals surface area contributed by atoms with Crippen LogP contribution in [0.25, 0.3) is 0 Å². The Morgan fingerprint density at radius 1 is 1.55 bits per heavy atom. The SMILES string of the molecule is CC(CNC(=O)N[C@@H](Cc1cnc[nH]1)C(=O)O)S(C)=O. The molecule has 8 nitrogen and oxygen atoms in total. The minimum Gasteiger partial charge on any atom is -0.480 e. The number of carboxylic acid groups (broad SMARTS) is 1. The molecule has 0 aliphatic rings. The van der Waals surface area contributed by atoms with Crippen LogP contribution in [0.4, 0.5) is 4.79 Å². The maximum absolute atomic E-state index is 11.6. The molecule has 0 saturated heterocycles. The topological polar surface area (TPSA) is 124 Å². The number of aromatic amines is 1. The molecule has 9 heteroatoms. The first kappa shape index (κ1) is 16.2. The average Bonchev–Trinajstić information content (AvgIpc) is 2.87. The molecule has 1 heterocycles. The van der Waals surface area contributed by atoms with Gasteiger partial charge in [0.2, 0.25) is 0 Å². The fourth-order valence-corrected chi connectivity index (χ4v) is 1.70. The molecule has 3 atom stereocenters. The second-order valence-corrected chi connectivity index (χ2v) is 6.14. The maximum atomic E-state index is 11.6. The van der Waals surface area contributed by atoms with E-state index in [9.17, 15) is 13.8 Å². The lowest BCUT2D eigenvalue weighted by atomic mass is 10.2. The highest BCUT2D eigenvalue weighted by molar-refractivity contribution is 7.84. The number of carbonyl (C=O) groups is 2. The van der Waals surface area contributed by atoms with Gasteiger partial charge in [0.15, 0.2) is 0 Å². The van der Waals surface area contributed by atoms with Crippen molar-refractivity contribution in [3.05, 3.63) is 18.2 Å². The van der Waals surface area contributed by atoms with Gasteiger partial charge in [-0.2, -0.15) is 0 Å². The molecule has 4 N–H and O–H groups in total. The highest BCUT2D eigenvalue weighted by atomic mass is 32.2. The molecule has 1 rings (SSSR count). The maximum Gasteiger partial charge on any atom is 0.326 e. The third kappa shape index (κ3) is 5.39. The normalized spacial score (nSPS) is 15.1. The summed E-state index contributed by atoms with van der Waals surface area (Å²) in [6.07, 6.45) is 4.59. The van der Waals surface area contributed by atoms with Crippen LogP contribution < -0.4 is 10.6 Å². The Kier molecular flexibility index (Phi) is 6.16. The fraction of sp³-hybridized carbons (Fsp3) is 0.545. The fourth-order valence-electron chi connectivity index (χ4n) is 1.38. The number of nitrogens with zero attached hydrogens (tertiary/aromatic N) is 1. The van der Waals surface area contributed by atoms with E-state index >= 15 is 0 Å². The lowest BCUT2D eigenvalue weighted by Crippen LogP contribution is -2.48. The molecule has 0 saturated carbocycles. The van der Waals surface area contributed by atoms with Gasteiger partial charge in [-0.05, 0) is 6.92 Å². The zero-order valence-electron chi connectivity index (χ0n) is 11.3. The second-order valence-electron chi connectivity index (χ2n) is 4.34. The van der Waals surface area contributed by atoms with Crippen LogP contribution in [0.1, 0.15) is 12.6 Å². The van der Waals surface area contributed by atoms with Gasteiger partial charge in [0.05, 0.1) is 6.33 Å². The molecule has 1 aromatic rings. The highest BCUT2D eigenvalue weighted by Gasteiger charge is 2.21. The molecular weight excluding hydrogens is 284 g/mol. The van der Waals surface area contributed by atoms with Crippen LogP contribution in [0, 0.1) is 0 Å². The predicted molar refractivity (Wildman–Crippen MR) is 73.8 cm³/mol. The average molecular weight is 302 g/mol. The van der Waals surface area contributed by atoms with Crippen LogP contribution in [-0.2, 0) is 22.0 Å². The van der Waals surface area contributed by atoms with E-state index in [4.69, 9.17) is 5.11 Å². The monoisotopic (exact) mass is 302 g/mol. The van der Waals surface area contributed by atoms with Crippen molar-refractivity contribution in [2.45, 2.75) is 24.6 Å². The Balaban J connectivity index is 2.47. The van der Waals surface area contributed by atoms with E-state index in [1.54, 1.807) is 13.2 Å². The lowest BCUT2D eigenvalue weighted by molar-refractivity contribution is -0.139. The van der Waals surface area contributed by atoms with E-state index in [1.165, 1.54) is 12.5 Å².